The summed E-state index contributed by atoms with van der Waals surface area (Å²) in [5, 5.41) is 0. The molecule has 0 saturated carbocycles. The van der Waals surface area contributed by atoms with Gasteiger partial charge in [-0.1, -0.05) is 60.7 Å². The van der Waals surface area contributed by atoms with Crippen LogP contribution in [0.1, 0.15) is 33.8 Å². The Morgan fingerprint density at radius 1 is 0.786 bits per heavy atom. The lowest BCUT2D eigenvalue weighted by molar-refractivity contribution is -0.122. The second kappa shape index (κ2) is 9.37. The van der Waals surface area contributed by atoms with E-state index >= 15 is 0 Å². The summed E-state index contributed by atoms with van der Waals surface area (Å²) < 4.78 is 5.07. The van der Waals surface area contributed by atoms with E-state index in [2.05, 4.69) is 10.9 Å². The lowest BCUT2D eigenvalue weighted by Crippen LogP contribution is -2.42. The van der Waals surface area contributed by atoms with Crippen LogP contribution in [-0.2, 0) is 4.79 Å². The normalized spacial score (nSPS) is 10.4. The Hall–Kier alpha value is -3.60. The van der Waals surface area contributed by atoms with Gasteiger partial charge in [0.1, 0.15) is 5.75 Å². The van der Waals surface area contributed by atoms with E-state index in [0.717, 1.165) is 11.1 Å². The maximum atomic E-state index is 12.5. The van der Waals surface area contributed by atoms with Crippen molar-refractivity contribution in [1.82, 2.24) is 10.9 Å². The highest BCUT2D eigenvalue weighted by molar-refractivity contribution is 5.95. The number of rotatable bonds is 6. The molecule has 0 unspecified atom stereocenters. The maximum Gasteiger partial charge on any atom is 0.269 e. The van der Waals surface area contributed by atoms with Crippen molar-refractivity contribution in [3.63, 3.8) is 0 Å². The molecule has 0 bridgehead atoms. The number of carbonyl (C=O) groups excluding carboxylic acids is 2. The third-order valence-corrected chi connectivity index (χ3v) is 4.46. The molecule has 0 aliphatic rings. The molecule has 0 saturated heterocycles. The minimum absolute atomic E-state index is 0.0970. The van der Waals surface area contributed by atoms with Crippen LogP contribution in [0.15, 0.2) is 84.9 Å². The molecule has 3 aromatic carbocycles. The monoisotopic (exact) mass is 374 g/mol. The number of amides is 2. The summed E-state index contributed by atoms with van der Waals surface area (Å²) in [4.78, 5) is 24.7. The van der Waals surface area contributed by atoms with Gasteiger partial charge in [-0.25, -0.2) is 0 Å². The van der Waals surface area contributed by atoms with Crippen LogP contribution in [0.5, 0.6) is 5.75 Å². The number of hydrogen-bond donors (Lipinski definition) is 2. The second-order valence-electron chi connectivity index (χ2n) is 6.31. The number of carbonyl (C=O) groups is 2. The van der Waals surface area contributed by atoms with Gasteiger partial charge in [0.15, 0.2) is 0 Å². The Bertz CT molecular complexity index is 870. The second-order valence-corrected chi connectivity index (χ2v) is 6.31. The van der Waals surface area contributed by atoms with E-state index in [0.29, 0.717) is 11.3 Å². The fourth-order valence-electron chi connectivity index (χ4n) is 2.98. The predicted molar refractivity (Wildman–Crippen MR) is 108 cm³/mol. The average Bonchev–Trinajstić information content (AvgIpc) is 2.77. The van der Waals surface area contributed by atoms with Crippen LogP contribution in [0.25, 0.3) is 0 Å². The Labute approximate surface area is 164 Å². The molecule has 3 rings (SSSR count). The first kappa shape index (κ1) is 19.2. The van der Waals surface area contributed by atoms with Gasteiger partial charge in [-0.3, -0.25) is 20.4 Å². The minimum atomic E-state index is -0.382. The molecule has 2 N–H and O–H groups in total. The lowest BCUT2D eigenvalue weighted by Gasteiger charge is -2.18. The van der Waals surface area contributed by atoms with Gasteiger partial charge in [-0.15, -0.1) is 0 Å². The fraction of sp³-hybridized carbons (Fsp3) is 0.130. The van der Waals surface area contributed by atoms with Crippen molar-refractivity contribution >= 4 is 11.8 Å². The van der Waals surface area contributed by atoms with Crippen LogP contribution in [-0.4, -0.2) is 18.9 Å². The van der Waals surface area contributed by atoms with E-state index in [-0.39, 0.29) is 24.2 Å². The molecule has 0 aliphatic heterocycles. The van der Waals surface area contributed by atoms with E-state index < -0.39 is 0 Å². The van der Waals surface area contributed by atoms with E-state index in [9.17, 15) is 9.59 Å². The number of hydrazine groups is 1. The highest BCUT2D eigenvalue weighted by Crippen LogP contribution is 2.27. The molecule has 0 fully saturated rings. The minimum Gasteiger partial charge on any atom is -0.497 e. The molecule has 3 aromatic rings. The van der Waals surface area contributed by atoms with Crippen molar-refractivity contribution < 1.29 is 14.3 Å². The first-order chi connectivity index (χ1) is 13.7. The van der Waals surface area contributed by atoms with Crippen molar-refractivity contribution in [3.05, 3.63) is 102 Å². The highest BCUT2D eigenvalue weighted by atomic mass is 16.5. The number of benzene rings is 3. The van der Waals surface area contributed by atoms with Gasteiger partial charge in [0.2, 0.25) is 5.91 Å². The molecule has 0 atom stereocenters. The van der Waals surface area contributed by atoms with Crippen molar-refractivity contribution in [2.45, 2.75) is 12.3 Å². The third-order valence-electron chi connectivity index (χ3n) is 4.46. The summed E-state index contributed by atoms with van der Waals surface area (Å²) in [7, 11) is 1.56. The quantitative estimate of drug-likeness (QED) is 0.647. The highest BCUT2D eigenvalue weighted by Gasteiger charge is 2.18. The van der Waals surface area contributed by atoms with Gasteiger partial charge in [0, 0.05) is 17.9 Å². The lowest BCUT2D eigenvalue weighted by atomic mass is 9.88. The summed E-state index contributed by atoms with van der Waals surface area (Å²) in [6.45, 7) is 0. The van der Waals surface area contributed by atoms with Gasteiger partial charge in [0.05, 0.1) is 7.11 Å². The van der Waals surface area contributed by atoms with Crippen molar-refractivity contribution in [3.8, 4) is 5.75 Å². The molecule has 28 heavy (non-hydrogen) atoms. The topological polar surface area (TPSA) is 67.4 Å². The predicted octanol–water partition coefficient (Wildman–Crippen LogP) is 3.68. The smallest absolute Gasteiger partial charge is 0.269 e. The summed E-state index contributed by atoms with van der Waals surface area (Å²) in [6, 6.07) is 26.4. The molecular weight excluding hydrogens is 352 g/mol. The fourth-order valence-corrected chi connectivity index (χ4v) is 2.98. The summed E-state index contributed by atoms with van der Waals surface area (Å²) >= 11 is 0. The first-order valence-corrected chi connectivity index (χ1v) is 9.00. The van der Waals surface area contributed by atoms with Crippen LogP contribution in [0, 0.1) is 0 Å². The molecule has 0 spiro atoms. The average molecular weight is 374 g/mol. The molecule has 5 nitrogen and oxygen atoms in total. The van der Waals surface area contributed by atoms with E-state index in [1.165, 1.54) is 0 Å². The molecule has 0 aliphatic carbocycles. The largest absolute Gasteiger partial charge is 0.497 e. The molecule has 5 heteroatoms. The summed E-state index contributed by atoms with van der Waals surface area (Å²) in [5.41, 5.74) is 7.50. The zero-order valence-corrected chi connectivity index (χ0v) is 15.6. The summed E-state index contributed by atoms with van der Waals surface area (Å²) in [6.07, 6.45) is 0.219. The molecule has 142 valence electrons. The number of nitrogens with one attached hydrogen (secondary N) is 2. The molecule has 0 heterocycles. The Morgan fingerprint density at radius 3 is 1.82 bits per heavy atom. The SMILES string of the molecule is COc1ccc(C(=O)NNC(=O)CC(c2ccccc2)c2ccccc2)cc1. The molecular formula is C23H22N2O3. The number of methoxy groups -OCH3 is 1. The van der Waals surface area contributed by atoms with Crippen LogP contribution in [0.4, 0.5) is 0 Å². The van der Waals surface area contributed by atoms with Crippen molar-refractivity contribution in [1.29, 1.82) is 0 Å². The van der Waals surface area contributed by atoms with Crippen LogP contribution in [0.3, 0.4) is 0 Å². The van der Waals surface area contributed by atoms with Gasteiger partial charge in [0.25, 0.3) is 5.91 Å². The van der Waals surface area contributed by atoms with Gasteiger partial charge < -0.3 is 4.74 Å². The third kappa shape index (κ3) is 4.98. The Morgan fingerprint density at radius 2 is 1.32 bits per heavy atom. The summed E-state index contributed by atoms with van der Waals surface area (Å²) in [5.74, 6) is -0.0824. The maximum absolute atomic E-state index is 12.5. The standard InChI is InChI=1S/C23H22N2O3/c1-28-20-14-12-19(13-15-20)23(27)25-24-22(26)16-21(17-8-4-2-5-9-17)18-10-6-3-7-11-18/h2-15,21H,16H2,1H3,(H,24,26)(H,25,27). The van der Waals surface area contributed by atoms with E-state index in [1.54, 1.807) is 31.4 Å². The van der Waals surface area contributed by atoms with Crippen molar-refractivity contribution in [2.24, 2.45) is 0 Å². The first-order valence-electron chi connectivity index (χ1n) is 9.00. The van der Waals surface area contributed by atoms with E-state index in [1.807, 2.05) is 60.7 Å². The Balaban J connectivity index is 1.64. The Kier molecular flexibility index (Phi) is 6.41. The van der Waals surface area contributed by atoms with E-state index in [4.69, 9.17) is 4.74 Å². The van der Waals surface area contributed by atoms with Gasteiger partial charge in [-0.05, 0) is 35.4 Å². The van der Waals surface area contributed by atoms with Crippen LogP contribution < -0.4 is 15.6 Å². The zero-order chi connectivity index (χ0) is 19.8. The molecule has 2 amide bonds. The van der Waals surface area contributed by atoms with Crippen LogP contribution >= 0.6 is 0 Å². The molecule has 0 aromatic heterocycles. The zero-order valence-electron chi connectivity index (χ0n) is 15.6. The number of hydrogen-bond acceptors (Lipinski definition) is 3. The van der Waals surface area contributed by atoms with Crippen LogP contribution in [0.2, 0.25) is 0 Å². The van der Waals surface area contributed by atoms with Crippen molar-refractivity contribution in [2.75, 3.05) is 7.11 Å². The number of ether oxygens (including phenoxy) is 1. The molecule has 0 radical (unpaired) electrons. The van der Waals surface area contributed by atoms with Gasteiger partial charge in [-0.2, -0.15) is 0 Å². The van der Waals surface area contributed by atoms with Gasteiger partial charge >= 0.3 is 0 Å².